The summed E-state index contributed by atoms with van der Waals surface area (Å²) >= 11 is 0. The summed E-state index contributed by atoms with van der Waals surface area (Å²) in [6.45, 7) is 3.42. The van der Waals surface area contributed by atoms with Crippen molar-refractivity contribution >= 4 is 29.0 Å². The first kappa shape index (κ1) is 16.9. The zero-order valence-corrected chi connectivity index (χ0v) is 14.2. The summed E-state index contributed by atoms with van der Waals surface area (Å²) < 4.78 is 0. The molecular weight excluding hydrogens is 318 g/mol. The lowest BCUT2D eigenvalue weighted by Crippen LogP contribution is -2.30. The van der Waals surface area contributed by atoms with Crippen LogP contribution < -0.4 is 15.5 Å². The number of carbonyl (C=O) groups is 2. The monoisotopic (exact) mass is 339 g/mol. The zero-order valence-electron chi connectivity index (χ0n) is 14.2. The fourth-order valence-corrected chi connectivity index (χ4v) is 2.76. The van der Waals surface area contributed by atoms with E-state index in [1.807, 2.05) is 0 Å². The molecule has 130 valence electrons. The third-order valence-electron chi connectivity index (χ3n) is 4.01. The largest absolute Gasteiger partial charge is 0.355 e. The van der Waals surface area contributed by atoms with Gasteiger partial charge in [-0.05, 0) is 43.5 Å². The van der Waals surface area contributed by atoms with Crippen molar-refractivity contribution in [1.82, 2.24) is 9.97 Å². The van der Waals surface area contributed by atoms with E-state index in [0.717, 1.165) is 18.9 Å². The van der Waals surface area contributed by atoms with Crippen molar-refractivity contribution in [3.63, 3.8) is 0 Å². The number of aromatic nitrogens is 2. The van der Waals surface area contributed by atoms with Gasteiger partial charge in [-0.15, -0.1) is 0 Å². The Bertz CT molecular complexity index is 737. The van der Waals surface area contributed by atoms with Gasteiger partial charge in [0, 0.05) is 31.4 Å². The van der Waals surface area contributed by atoms with Crippen LogP contribution in [0.15, 0.2) is 36.7 Å². The second kappa shape index (κ2) is 7.74. The fraction of sp³-hybridized carbons (Fsp3) is 0.333. The molecule has 0 bridgehead atoms. The highest BCUT2D eigenvalue weighted by molar-refractivity contribution is 6.02. The summed E-state index contributed by atoms with van der Waals surface area (Å²) in [6.07, 6.45) is 6.74. The molecule has 0 saturated carbocycles. The number of nitrogens with one attached hydrogen (secondary N) is 2. The van der Waals surface area contributed by atoms with Gasteiger partial charge in [-0.1, -0.05) is 0 Å². The molecule has 1 aromatic carbocycles. The molecule has 2 N–H and O–H groups in total. The molecular formula is C18H21N5O2. The second-order valence-corrected chi connectivity index (χ2v) is 6.02. The molecule has 7 heteroatoms. The summed E-state index contributed by atoms with van der Waals surface area (Å²) in [5.74, 6) is 0.363. The van der Waals surface area contributed by atoms with Crippen molar-refractivity contribution in [3.8, 4) is 0 Å². The van der Waals surface area contributed by atoms with E-state index in [-0.39, 0.29) is 17.5 Å². The molecule has 3 rings (SSSR count). The number of amides is 2. The van der Waals surface area contributed by atoms with Gasteiger partial charge in [0.25, 0.3) is 5.91 Å². The van der Waals surface area contributed by atoms with Crippen LogP contribution in [0.2, 0.25) is 0 Å². The van der Waals surface area contributed by atoms with Gasteiger partial charge < -0.3 is 15.5 Å². The lowest BCUT2D eigenvalue weighted by Gasteiger charge is -2.27. The van der Waals surface area contributed by atoms with Crippen molar-refractivity contribution in [2.45, 2.75) is 26.2 Å². The quantitative estimate of drug-likeness (QED) is 0.894. The number of hydrogen-bond donors (Lipinski definition) is 2. The third kappa shape index (κ3) is 4.53. The average Bonchev–Trinajstić information content (AvgIpc) is 2.64. The highest BCUT2D eigenvalue weighted by atomic mass is 16.2. The van der Waals surface area contributed by atoms with Crippen molar-refractivity contribution in [1.29, 1.82) is 0 Å². The minimum Gasteiger partial charge on any atom is -0.355 e. The van der Waals surface area contributed by atoms with Crippen LogP contribution in [0.4, 0.5) is 17.2 Å². The van der Waals surface area contributed by atoms with Crippen molar-refractivity contribution in [2.75, 3.05) is 28.6 Å². The van der Waals surface area contributed by atoms with Crippen LogP contribution in [-0.2, 0) is 4.79 Å². The first-order valence-electron chi connectivity index (χ1n) is 8.38. The summed E-state index contributed by atoms with van der Waals surface area (Å²) in [5, 5.41) is 5.45. The summed E-state index contributed by atoms with van der Waals surface area (Å²) in [6, 6.07) is 6.89. The molecule has 2 aromatic rings. The fourth-order valence-electron chi connectivity index (χ4n) is 2.76. The minimum absolute atomic E-state index is 0.138. The van der Waals surface area contributed by atoms with E-state index in [4.69, 9.17) is 0 Å². The number of anilines is 3. The third-order valence-corrected chi connectivity index (χ3v) is 4.01. The molecule has 1 aromatic heterocycles. The van der Waals surface area contributed by atoms with E-state index in [1.165, 1.54) is 32.4 Å². The van der Waals surface area contributed by atoms with Crippen LogP contribution >= 0.6 is 0 Å². The van der Waals surface area contributed by atoms with Gasteiger partial charge >= 0.3 is 0 Å². The molecule has 0 unspecified atom stereocenters. The van der Waals surface area contributed by atoms with Crippen LogP contribution in [0.25, 0.3) is 0 Å². The molecule has 0 spiro atoms. The maximum absolute atomic E-state index is 12.3. The van der Waals surface area contributed by atoms with Crippen LogP contribution in [-0.4, -0.2) is 34.9 Å². The molecule has 1 saturated heterocycles. The van der Waals surface area contributed by atoms with Crippen LogP contribution in [0, 0.1) is 0 Å². The van der Waals surface area contributed by atoms with Gasteiger partial charge in [0.05, 0.1) is 12.4 Å². The van der Waals surface area contributed by atoms with Gasteiger partial charge in [0.1, 0.15) is 11.5 Å². The molecule has 1 aliphatic rings. The predicted octanol–water partition coefficient (Wildman–Crippen LogP) is 2.68. The first-order chi connectivity index (χ1) is 12.1. The minimum atomic E-state index is -0.315. The van der Waals surface area contributed by atoms with Crippen molar-refractivity contribution in [2.24, 2.45) is 0 Å². The highest BCUT2D eigenvalue weighted by Crippen LogP contribution is 2.17. The van der Waals surface area contributed by atoms with E-state index >= 15 is 0 Å². The Morgan fingerprint density at radius 2 is 1.56 bits per heavy atom. The highest BCUT2D eigenvalue weighted by Gasteiger charge is 2.14. The lowest BCUT2D eigenvalue weighted by atomic mass is 10.1. The number of rotatable bonds is 4. The van der Waals surface area contributed by atoms with Crippen LogP contribution in [0.1, 0.15) is 36.7 Å². The second-order valence-electron chi connectivity index (χ2n) is 6.02. The number of nitrogens with zero attached hydrogens (tertiary/aromatic N) is 3. The van der Waals surface area contributed by atoms with Gasteiger partial charge in [-0.3, -0.25) is 9.59 Å². The molecule has 25 heavy (non-hydrogen) atoms. The van der Waals surface area contributed by atoms with Crippen molar-refractivity contribution < 1.29 is 9.59 Å². The SMILES string of the molecule is CC(=O)Nc1ccc(NC(=O)c2cnc(N3CCCCC3)cn2)cc1. The zero-order chi connectivity index (χ0) is 17.6. The molecule has 7 nitrogen and oxygen atoms in total. The topological polar surface area (TPSA) is 87.2 Å². The predicted molar refractivity (Wildman–Crippen MR) is 96.8 cm³/mol. The molecule has 2 amide bonds. The average molecular weight is 339 g/mol. The summed E-state index contributed by atoms with van der Waals surface area (Å²) in [7, 11) is 0. The van der Waals surface area contributed by atoms with E-state index in [2.05, 4.69) is 25.5 Å². The number of benzene rings is 1. The Morgan fingerprint density at radius 3 is 2.12 bits per heavy atom. The first-order valence-corrected chi connectivity index (χ1v) is 8.38. The Labute approximate surface area is 146 Å². The van der Waals surface area contributed by atoms with Gasteiger partial charge in [-0.25, -0.2) is 9.97 Å². The number of hydrogen-bond acceptors (Lipinski definition) is 5. The number of piperidine rings is 1. The Kier molecular flexibility index (Phi) is 5.23. The Hall–Kier alpha value is -2.96. The smallest absolute Gasteiger partial charge is 0.275 e. The van der Waals surface area contributed by atoms with E-state index in [1.54, 1.807) is 30.5 Å². The maximum atomic E-state index is 12.3. The molecule has 0 radical (unpaired) electrons. The lowest BCUT2D eigenvalue weighted by molar-refractivity contribution is -0.114. The van der Waals surface area contributed by atoms with E-state index in [0.29, 0.717) is 11.4 Å². The maximum Gasteiger partial charge on any atom is 0.275 e. The Morgan fingerprint density at radius 1 is 0.920 bits per heavy atom. The van der Waals surface area contributed by atoms with E-state index < -0.39 is 0 Å². The van der Waals surface area contributed by atoms with Crippen LogP contribution in [0.5, 0.6) is 0 Å². The molecule has 0 aliphatic carbocycles. The molecule has 0 atom stereocenters. The summed E-state index contributed by atoms with van der Waals surface area (Å²) in [4.78, 5) is 34.1. The van der Waals surface area contributed by atoms with Gasteiger partial charge in [0.15, 0.2) is 0 Å². The van der Waals surface area contributed by atoms with Crippen LogP contribution in [0.3, 0.4) is 0 Å². The van der Waals surface area contributed by atoms with Crippen molar-refractivity contribution in [3.05, 3.63) is 42.4 Å². The summed E-state index contributed by atoms with van der Waals surface area (Å²) in [5.41, 5.74) is 1.57. The molecule has 2 heterocycles. The normalized spacial score (nSPS) is 14.0. The van der Waals surface area contributed by atoms with Gasteiger partial charge in [-0.2, -0.15) is 0 Å². The molecule has 1 aliphatic heterocycles. The van der Waals surface area contributed by atoms with Gasteiger partial charge in [0.2, 0.25) is 5.91 Å². The number of carbonyl (C=O) groups excluding carboxylic acids is 2. The Balaban J connectivity index is 1.61. The van der Waals surface area contributed by atoms with E-state index in [9.17, 15) is 9.59 Å². The molecule has 1 fully saturated rings. The standard InChI is InChI=1S/C18H21N5O2/c1-13(24)21-14-5-7-15(8-6-14)22-18(25)16-11-20-17(12-19-16)23-9-3-2-4-10-23/h5-8,11-12H,2-4,9-10H2,1H3,(H,21,24)(H,22,25).